The highest BCUT2D eigenvalue weighted by molar-refractivity contribution is 9.10. The van der Waals surface area contributed by atoms with E-state index in [4.69, 9.17) is 0 Å². The van der Waals surface area contributed by atoms with Crippen LogP contribution in [0.5, 0.6) is 0 Å². The molecule has 4 heteroatoms. The van der Waals surface area contributed by atoms with Gasteiger partial charge in [-0.1, -0.05) is 64.5 Å². The maximum Gasteiger partial charge on any atom is 0.0946 e. The molecule has 4 rings (SSSR count). The summed E-state index contributed by atoms with van der Waals surface area (Å²) in [5.74, 6) is 0.986. The smallest absolute Gasteiger partial charge is 0.0946 e. The fourth-order valence-electron chi connectivity index (χ4n) is 3.03. The second-order valence-electron chi connectivity index (χ2n) is 6.29. The van der Waals surface area contributed by atoms with E-state index in [0.717, 1.165) is 16.8 Å². The van der Waals surface area contributed by atoms with Gasteiger partial charge in [-0.25, -0.2) is 4.98 Å². The van der Waals surface area contributed by atoms with E-state index in [1.165, 1.54) is 21.9 Å². The Hall–Kier alpha value is -2.04. The molecule has 0 aliphatic heterocycles. The monoisotopic (exact) mass is 422 g/mol. The zero-order chi connectivity index (χ0) is 17.8. The molecular weight excluding hydrogens is 404 g/mol. The molecule has 0 bridgehead atoms. The van der Waals surface area contributed by atoms with Crippen molar-refractivity contribution in [2.24, 2.45) is 0 Å². The fraction of sp³-hybridized carbons (Fsp3) is 0.136. The van der Waals surface area contributed by atoms with Crippen LogP contribution in [-0.2, 0) is 12.3 Å². The van der Waals surface area contributed by atoms with Crippen molar-refractivity contribution in [3.63, 3.8) is 0 Å². The van der Waals surface area contributed by atoms with Crippen LogP contribution in [0.4, 0.5) is 0 Å². The second-order valence-corrected chi connectivity index (χ2v) is 8.40. The normalized spacial score (nSPS) is 12.3. The van der Waals surface area contributed by atoms with E-state index in [-0.39, 0.29) is 0 Å². The van der Waals surface area contributed by atoms with Crippen molar-refractivity contribution in [2.45, 2.75) is 17.5 Å². The van der Waals surface area contributed by atoms with Gasteiger partial charge in [-0.2, -0.15) is 0 Å². The van der Waals surface area contributed by atoms with E-state index < -0.39 is 0 Å². The highest BCUT2D eigenvalue weighted by Crippen LogP contribution is 2.35. The number of benzene rings is 3. The third kappa shape index (κ3) is 4.19. The third-order valence-corrected chi connectivity index (χ3v) is 6.30. The van der Waals surface area contributed by atoms with Crippen LogP contribution >= 0.6 is 27.7 Å². The first-order chi connectivity index (χ1) is 12.8. The molecule has 0 saturated carbocycles. The van der Waals surface area contributed by atoms with Crippen LogP contribution in [-0.4, -0.2) is 9.55 Å². The Morgan fingerprint density at radius 3 is 2.54 bits per heavy atom. The number of halogens is 1. The van der Waals surface area contributed by atoms with E-state index >= 15 is 0 Å². The molecule has 3 aromatic carbocycles. The van der Waals surface area contributed by atoms with E-state index in [1.54, 1.807) is 0 Å². The van der Waals surface area contributed by atoms with Crippen LogP contribution in [0.1, 0.15) is 16.4 Å². The number of imidazole rings is 1. The summed E-state index contributed by atoms with van der Waals surface area (Å²) in [6.45, 7) is 0.916. The van der Waals surface area contributed by atoms with Gasteiger partial charge in [0.1, 0.15) is 0 Å². The van der Waals surface area contributed by atoms with Crippen LogP contribution < -0.4 is 0 Å². The molecule has 0 amide bonds. The predicted molar refractivity (Wildman–Crippen MR) is 114 cm³/mol. The van der Waals surface area contributed by atoms with Gasteiger partial charge in [0, 0.05) is 34.4 Å². The molecule has 0 radical (unpaired) electrons. The average molecular weight is 423 g/mol. The molecule has 4 aromatic rings. The second kappa shape index (κ2) is 8.11. The molecule has 0 aliphatic carbocycles. The molecule has 130 valence electrons. The first kappa shape index (κ1) is 17.4. The first-order valence-electron chi connectivity index (χ1n) is 8.58. The Morgan fingerprint density at radius 1 is 0.962 bits per heavy atom. The molecule has 1 unspecified atom stereocenters. The summed E-state index contributed by atoms with van der Waals surface area (Å²) >= 11 is 5.48. The summed E-state index contributed by atoms with van der Waals surface area (Å²) < 4.78 is 3.28. The predicted octanol–water partition coefficient (Wildman–Crippen LogP) is 6.47. The Kier molecular flexibility index (Phi) is 5.42. The van der Waals surface area contributed by atoms with E-state index in [2.05, 4.69) is 92.2 Å². The average Bonchev–Trinajstić information content (AvgIpc) is 3.19. The van der Waals surface area contributed by atoms with Crippen molar-refractivity contribution in [3.05, 3.63) is 101 Å². The first-order valence-corrected chi connectivity index (χ1v) is 10.4. The van der Waals surface area contributed by atoms with Crippen LogP contribution in [0, 0.1) is 0 Å². The summed E-state index contributed by atoms with van der Waals surface area (Å²) in [6, 6.07) is 23.9. The number of aromatic nitrogens is 2. The number of fused-ring (bicyclic) bond motifs is 1. The zero-order valence-electron chi connectivity index (χ0n) is 14.3. The Bertz CT molecular complexity index is 981. The molecule has 1 aromatic heterocycles. The Morgan fingerprint density at radius 2 is 1.77 bits per heavy atom. The van der Waals surface area contributed by atoms with Gasteiger partial charge in [-0.15, -0.1) is 11.8 Å². The molecule has 1 heterocycles. The minimum absolute atomic E-state index is 0.373. The van der Waals surface area contributed by atoms with Crippen molar-refractivity contribution in [2.75, 3.05) is 0 Å². The molecule has 26 heavy (non-hydrogen) atoms. The summed E-state index contributed by atoms with van der Waals surface area (Å²) in [5, 5.41) is 2.96. The summed E-state index contributed by atoms with van der Waals surface area (Å²) in [4.78, 5) is 4.20. The lowest BCUT2D eigenvalue weighted by atomic mass is 10.0. The maximum absolute atomic E-state index is 4.20. The van der Waals surface area contributed by atoms with Crippen molar-refractivity contribution in [1.82, 2.24) is 9.55 Å². The summed E-state index contributed by atoms with van der Waals surface area (Å²) in [5.41, 5.74) is 2.70. The van der Waals surface area contributed by atoms with Gasteiger partial charge in [0.05, 0.1) is 6.33 Å². The third-order valence-electron chi connectivity index (χ3n) is 4.45. The van der Waals surface area contributed by atoms with Gasteiger partial charge in [0.25, 0.3) is 0 Å². The van der Waals surface area contributed by atoms with Crippen LogP contribution in [0.25, 0.3) is 10.8 Å². The molecular formula is C22H19BrN2S. The molecule has 0 aliphatic rings. The lowest BCUT2D eigenvalue weighted by molar-refractivity contribution is 0.683. The van der Waals surface area contributed by atoms with Crippen molar-refractivity contribution in [1.29, 1.82) is 0 Å². The lowest BCUT2D eigenvalue weighted by Crippen LogP contribution is -2.05. The highest BCUT2D eigenvalue weighted by atomic mass is 79.9. The largest absolute Gasteiger partial charge is 0.336 e. The zero-order valence-corrected chi connectivity index (χ0v) is 16.7. The minimum Gasteiger partial charge on any atom is -0.336 e. The molecule has 0 fully saturated rings. The van der Waals surface area contributed by atoms with Gasteiger partial charge in [0.2, 0.25) is 0 Å². The minimum atomic E-state index is 0.373. The molecule has 2 nitrogen and oxygen atoms in total. The van der Waals surface area contributed by atoms with Crippen LogP contribution in [0.3, 0.4) is 0 Å². The van der Waals surface area contributed by atoms with Gasteiger partial charge in [-0.3, -0.25) is 0 Å². The van der Waals surface area contributed by atoms with Crippen LogP contribution in [0.2, 0.25) is 0 Å². The molecule has 0 N–H and O–H groups in total. The Balaban J connectivity index is 1.59. The topological polar surface area (TPSA) is 17.8 Å². The van der Waals surface area contributed by atoms with Gasteiger partial charge in [-0.05, 0) is 40.1 Å². The van der Waals surface area contributed by atoms with E-state index in [0.29, 0.717) is 5.25 Å². The SMILES string of the molecule is Brc1ccc(CSC(Cn2ccnc2)c2ccc3ccccc3c2)cc1. The standard InChI is InChI=1S/C22H19BrN2S/c23-21-9-5-17(6-10-21)15-26-22(14-25-12-11-24-16-25)20-8-7-18-3-1-2-4-19(18)13-20/h1-13,16,22H,14-15H2. The number of hydrogen-bond acceptors (Lipinski definition) is 2. The fourth-order valence-corrected chi connectivity index (χ4v) is 4.49. The molecule has 0 saturated heterocycles. The van der Waals surface area contributed by atoms with Crippen molar-refractivity contribution >= 4 is 38.5 Å². The number of hydrogen-bond donors (Lipinski definition) is 0. The summed E-state index contributed by atoms with van der Waals surface area (Å²) in [6.07, 6.45) is 5.78. The lowest BCUT2D eigenvalue weighted by Gasteiger charge is -2.18. The van der Waals surface area contributed by atoms with E-state index in [1.807, 2.05) is 30.5 Å². The highest BCUT2D eigenvalue weighted by Gasteiger charge is 2.14. The molecule has 1 atom stereocenters. The summed E-state index contributed by atoms with van der Waals surface area (Å²) in [7, 11) is 0. The van der Waals surface area contributed by atoms with Gasteiger partial charge in [0.15, 0.2) is 0 Å². The van der Waals surface area contributed by atoms with Crippen molar-refractivity contribution < 1.29 is 0 Å². The number of thioether (sulfide) groups is 1. The quantitative estimate of drug-likeness (QED) is 0.354. The van der Waals surface area contributed by atoms with Gasteiger partial charge < -0.3 is 4.57 Å². The van der Waals surface area contributed by atoms with Crippen molar-refractivity contribution in [3.8, 4) is 0 Å². The Labute approximate surface area is 166 Å². The number of nitrogens with zero attached hydrogens (tertiary/aromatic N) is 2. The molecule has 0 spiro atoms. The van der Waals surface area contributed by atoms with E-state index in [9.17, 15) is 0 Å². The number of rotatable bonds is 6. The van der Waals surface area contributed by atoms with Gasteiger partial charge >= 0.3 is 0 Å². The maximum atomic E-state index is 4.20. The van der Waals surface area contributed by atoms with Crippen LogP contribution in [0.15, 0.2) is 89.9 Å².